The van der Waals surface area contributed by atoms with Gasteiger partial charge in [-0.2, -0.15) is 0 Å². The highest BCUT2D eigenvalue weighted by molar-refractivity contribution is 5.88. The third-order valence-electron chi connectivity index (χ3n) is 3.74. The van der Waals surface area contributed by atoms with Crippen LogP contribution in [0.1, 0.15) is 10.4 Å². The summed E-state index contributed by atoms with van der Waals surface area (Å²) >= 11 is 0. The van der Waals surface area contributed by atoms with Crippen LogP contribution in [0.3, 0.4) is 0 Å². The van der Waals surface area contributed by atoms with Gasteiger partial charge in [0, 0.05) is 37.3 Å². The minimum absolute atomic E-state index is 0.354. The SMILES string of the molecule is CN1CC2(C1)CN(c1ccc(C(=O)O)cc1)C2. The average Bonchev–Trinajstić information content (AvgIpc) is 2.21. The molecule has 4 nitrogen and oxygen atoms in total. The molecule has 0 bridgehead atoms. The summed E-state index contributed by atoms with van der Waals surface area (Å²) in [5, 5.41) is 8.83. The van der Waals surface area contributed by atoms with E-state index >= 15 is 0 Å². The number of anilines is 1. The van der Waals surface area contributed by atoms with Crippen LogP contribution in [0.25, 0.3) is 0 Å². The Kier molecular flexibility index (Phi) is 2.16. The quantitative estimate of drug-likeness (QED) is 0.830. The lowest BCUT2D eigenvalue weighted by Crippen LogP contribution is -2.71. The van der Waals surface area contributed by atoms with E-state index in [4.69, 9.17) is 5.11 Å². The van der Waals surface area contributed by atoms with Gasteiger partial charge in [0.2, 0.25) is 0 Å². The van der Waals surface area contributed by atoms with E-state index in [1.54, 1.807) is 12.1 Å². The van der Waals surface area contributed by atoms with Gasteiger partial charge in [-0.3, -0.25) is 0 Å². The fourth-order valence-corrected chi connectivity index (χ4v) is 3.06. The van der Waals surface area contributed by atoms with E-state index in [2.05, 4.69) is 16.8 Å². The number of benzene rings is 1. The molecule has 1 aromatic carbocycles. The summed E-state index contributed by atoms with van der Waals surface area (Å²) in [7, 11) is 2.15. The Bertz CT molecular complexity index is 441. The molecular formula is C13H16N2O2. The van der Waals surface area contributed by atoms with Crippen molar-refractivity contribution in [2.24, 2.45) is 5.41 Å². The van der Waals surface area contributed by atoms with Gasteiger partial charge < -0.3 is 14.9 Å². The summed E-state index contributed by atoms with van der Waals surface area (Å²) in [5.74, 6) is -0.864. The van der Waals surface area contributed by atoms with Crippen LogP contribution >= 0.6 is 0 Å². The zero-order valence-corrected chi connectivity index (χ0v) is 9.89. The zero-order valence-electron chi connectivity index (χ0n) is 9.89. The van der Waals surface area contributed by atoms with Crippen LogP contribution in [0.15, 0.2) is 24.3 Å². The van der Waals surface area contributed by atoms with Crippen molar-refractivity contribution >= 4 is 11.7 Å². The maximum atomic E-state index is 10.7. The molecule has 3 rings (SSSR count). The number of nitrogens with zero attached hydrogens (tertiary/aromatic N) is 2. The molecule has 90 valence electrons. The Balaban J connectivity index is 1.65. The van der Waals surface area contributed by atoms with Crippen LogP contribution in [0.5, 0.6) is 0 Å². The van der Waals surface area contributed by atoms with Crippen LogP contribution in [0, 0.1) is 5.41 Å². The third-order valence-corrected chi connectivity index (χ3v) is 3.74. The third kappa shape index (κ3) is 1.69. The molecule has 0 amide bonds. The summed E-state index contributed by atoms with van der Waals surface area (Å²) in [6.07, 6.45) is 0. The Labute approximate surface area is 100 Å². The highest BCUT2D eigenvalue weighted by Crippen LogP contribution is 2.40. The lowest BCUT2D eigenvalue weighted by molar-refractivity contribution is -0.00239. The standard InChI is InChI=1S/C13H16N2O2/c1-14-6-13(7-14)8-15(9-13)11-4-2-10(3-5-11)12(16)17/h2-5H,6-9H2,1H3,(H,16,17). The molecular weight excluding hydrogens is 216 g/mol. The van der Waals surface area contributed by atoms with Gasteiger partial charge >= 0.3 is 5.97 Å². The second-order valence-corrected chi connectivity index (χ2v) is 5.38. The monoisotopic (exact) mass is 232 g/mol. The lowest BCUT2D eigenvalue weighted by Gasteiger charge is -2.60. The van der Waals surface area contributed by atoms with Gasteiger partial charge in [0.1, 0.15) is 0 Å². The lowest BCUT2D eigenvalue weighted by atomic mass is 9.73. The fraction of sp³-hybridized carbons (Fsp3) is 0.462. The van der Waals surface area contributed by atoms with Crippen LogP contribution in [-0.2, 0) is 0 Å². The number of hydrogen-bond donors (Lipinski definition) is 1. The molecule has 1 spiro atoms. The number of hydrogen-bond acceptors (Lipinski definition) is 3. The van der Waals surface area contributed by atoms with Crippen molar-refractivity contribution < 1.29 is 9.90 Å². The largest absolute Gasteiger partial charge is 0.478 e. The highest BCUT2D eigenvalue weighted by Gasteiger charge is 2.50. The van der Waals surface area contributed by atoms with E-state index in [1.165, 1.54) is 13.1 Å². The number of carboxylic acid groups (broad SMARTS) is 1. The molecule has 0 aliphatic carbocycles. The first kappa shape index (κ1) is 10.6. The smallest absolute Gasteiger partial charge is 0.335 e. The second-order valence-electron chi connectivity index (χ2n) is 5.38. The van der Waals surface area contributed by atoms with Crippen molar-refractivity contribution in [2.45, 2.75) is 0 Å². The summed E-state index contributed by atoms with van der Waals surface area (Å²) in [6, 6.07) is 7.16. The Morgan fingerprint density at radius 3 is 2.24 bits per heavy atom. The average molecular weight is 232 g/mol. The van der Waals surface area contributed by atoms with Crippen LogP contribution in [0.2, 0.25) is 0 Å². The van der Waals surface area contributed by atoms with Crippen molar-refractivity contribution in [1.29, 1.82) is 0 Å². The summed E-state index contributed by atoms with van der Waals surface area (Å²) in [4.78, 5) is 15.4. The molecule has 2 saturated heterocycles. The minimum atomic E-state index is -0.864. The summed E-state index contributed by atoms with van der Waals surface area (Å²) in [6.45, 7) is 4.58. The predicted octanol–water partition coefficient (Wildman–Crippen LogP) is 1.14. The first-order valence-corrected chi connectivity index (χ1v) is 5.85. The Hall–Kier alpha value is -1.55. The zero-order chi connectivity index (χ0) is 12.0. The van der Waals surface area contributed by atoms with Gasteiger partial charge in [0.05, 0.1) is 5.56 Å². The molecule has 0 radical (unpaired) electrons. The molecule has 2 aliphatic heterocycles. The van der Waals surface area contributed by atoms with Crippen LogP contribution in [-0.4, -0.2) is 49.2 Å². The minimum Gasteiger partial charge on any atom is -0.478 e. The number of carbonyl (C=O) groups is 1. The molecule has 1 N–H and O–H groups in total. The van der Waals surface area contributed by atoms with Crippen molar-refractivity contribution in [2.75, 3.05) is 38.1 Å². The number of likely N-dealkylation sites (tertiary alicyclic amines) is 1. The first-order chi connectivity index (χ1) is 8.08. The van der Waals surface area contributed by atoms with E-state index in [0.29, 0.717) is 11.0 Å². The molecule has 2 fully saturated rings. The Morgan fingerprint density at radius 2 is 1.76 bits per heavy atom. The van der Waals surface area contributed by atoms with Crippen molar-refractivity contribution in [1.82, 2.24) is 4.90 Å². The Morgan fingerprint density at radius 1 is 1.18 bits per heavy atom. The van der Waals surface area contributed by atoms with Crippen molar-refractivity contribution in [3.63, 3.8) is 0 Å². The number of aromatic carboxylic acids is 1. The molecule has 0 aromatic heterocycles. The van der Waals surface area contributed by atoms with Gasteiger partial charge in [-0.05, 0) is 31.3 Å². The van der Waals surface area contributed by atoms with Gasteiger partial charge in [-0.25, -0.2) is 4.79 Å². The predicted molar refractivity (Wildman–Crippen MR) is 65.5 cm³/mol. The van der Waals surface area contributed by atoms with Gasteiger partial charge in [0.15, 0.2) is 0 Å². The molecule has 1 aromatic rings. The summed E-state index contributed by atoms with van der Waals surface area (Å²) in [5.41, 5.74) is 2.00. The molecule has 0 atom stereocenters. The highest BCUT2D eigenvalue weighted by atomic mass is 16.4. The molecule has 17 heavy (non-hydrogen) atoms. The normalized spacial score (nSPS) is 22.1. The molecule has 0 saturated carbocycles. The van der Waals surface area contributed by atoms with Gasteiger partial charge in [-0.1, -0.05) is 0 Å². The van der Waals surface area contributed by atoms with Crippen molar-refractivity contribution in [3.8, 4) is 0 Å². The van der Waals surface area contributed by atoms with Crippen molar-refractivity contribution in [3.05, 3.63) is 29.8 Å². The van der Waals surface area contributed by atoms with E-state index in [-0.39, 0.29) is 0 Å². The fourth-order valence-electron chi connectivity index (χ4n) is 3.06. The first-order valence-electron chi connectivity index (χ1n) is 5.85. The molecule has 2 heterocycles. The molecule has 2 aliphatic rings. The van der Waals surface area contributed by atoms with Gasteiger partial charge in [0.25, 0.3) is 0 Å². The maximum absolute atomic E-state index is 10.7. The second kappa shape index (κ2) is 3.47. The topological polar surface area (TPSA) is 43.8 Å². The van der Waals surface area contributed by atoms with Crippen LogP contribution < -0.4 is 4.90 Å². The molecule has 0 unspecified atom stereocenters. The number of carboxylic acids is 1. The maximum Gasteiger partial charge on any atom is 0.335 e. The summed E-state index contributed by atoms with van der Waals surface area (Å²) < 4.78 is 0. The number of rotatable bonds is 2. The van der Waals surface area contributed by atoms with E-state index in [9.17, 15) is 4.79 Å². The van der Waals surface area contributed by atoms with E-state index in [0.717, 1.165) is 18.8 Å². The van der Waals surface area contributed by atoms with Gasteiger partial charge in [-0.15, -0.1) is 0 Å². The van der Waals surface area contributed by atoms with Crippen LogP contribution in [0.4, 0.5) is 5.69 Å². The molecule has 4 heteroatoms. The van der Waals surface area contributed by atoms with E-state index < -0.39 is 5.97 Å². The van der Waals surface area contributed by atoms with E-state index in [1.807, 2.05) is 12.1 Å².